The van der Waals surface area contributed by atoms with Gasteiger partial charge >= 0.3 is 0 Å². The van der Waals surface area contributed by atoms with Crippen molar-refractivity contribution >= 4 is 11.6 Å². The molecule has 2 heterocycles. The first-order valence-corrected chi connectivity index (χ1v) is 9.77. The van der Waals surface area contributed by atoms with E-state index in [1.54, 1.807) is 12.1 Å². The van der Waals surface area contributed by atoms with E-state index in [1.165, 1.54) is 17.7 Å². The molecule has 0 saturated carbocycles. The predicted molar refractivity (Wildman–Crippen MR) is 106 cm³/mol. The first-order chi connectivity index (χ1) is 13.6. The van der Waals surface area contributed by atoms with E-state index >= 15 is 0 Å². The van der Waals surface area contributed by atoms with Gasteiger partial charge in [-0.3, -0.25) is 9.80 Å². The van der Waals surface area contributed by atoms with Crippen molar-refractivity contribution in [3.63, 3.8) is 0 Å². The zero-order valence-corrected chi connectivity index (χ0v) is 16.4. The maximum absolute atomic E-state index is 13.1. The number of rotatable bonds is 5. The van der Waals surface area contributed by atoms with Gasteiger partial charge in [-0.1, -0.05) is 29.8 Å². The molecule has 2 aromatic carbocycles. The first-order valence-electron chi connectivity index (χ1n) is 9.39. The van der Waals surface area contributed by atoms with Gasteiger partial charge in [-0.05, 0) is 42.8 Å². The van der Waals surface area contributed by atoms with E-state index in [-0.39, 0.29) is 11.9 Å². The summed E-state index contributed by atoms with van der Waals surface area (Å²) in [5.74, 6) is 0.709. The topological polar surface area (TPSA) is 45.4 Å². The maximum atomic E-state index is 13.1. The van der Waals surface area contributed by atoms with Crippen molar-refractivity contribution in [2.75, 3.05) is 26.2 Å². The summed E-state index contributed by atoms with van der Waals surface area (Å²) in [5, 5.41) is 9.04. The smallest absolute Gasteiger partial charge is 0.247 e. The normalized spacial score (nSPS) is 17.0. The number of nitrogens with zero attached hydrogens (tertiary/aromatic N) is 4. The third-order valence-electron chi connectivity index (χ3n) is 5.23. The lowest BCUT2D eigenvalue weighted by Crippen LogP contribution is -2.46. The molecule has 1 aromatic heterocycles. The molecule has 1 aliphatic rings. The monoisotopic (exact) mass is 400 g/mol. The molecule has 1 fully saturated rings. The molecular weight excluding hydrogens is 379 g/mol. The van der Waals surface area contributed by atoms with Crippen LogP contribution in [0, 0.1) is 5.82 Å². The molecule has 5 nitrogen and oxygen atoms in total. The first kappa shape index (κ1) is 19.1. The van der Waals surface area contributed by atoms with E-state index in [9.17, 15) is 4.39 Å². The Bertz CT molecular complexity index is 922. The number of benzene rings is 2. The zero-order valence-electron chi connectivity index (χ0n) is 15.7. The Balaban J connectivity index is 1.33. The molecule has 3 aromatic rings. The molecule has 146 valence electrons. The highest BCUT2D eigenvalue weighted by molar-refractivity contribution is 6.31. The lowest BCUT2D eigenvalue weighted by atomic mass is 10.1. The van der Waals surface area contributed by atoms with Gasteiger partial charge in [-0.15, -0.1) is 10.2 Å². The minimum absolute atomic E-state index is 0.282. The highest BCUT2D eigenvalue weighted by Gasteiger charge is 2.24. The second-order valence-electron chi connectivity index (χ2n) is 7.02. The van der Waals surface area contributed by atoms with Gasteiger partial charge in [0.25, 0.3) is 0 Å². The van der Waals surface area contributed by atoms with Crippen LogP contribution in [0.25, 0.3) is 11.5 Å². The van der Waals surface area contributed by atoms with Crippen LogP contribution in [0.1, 0.15) is 24.4 Å². The molecular formula is C21H22ClFN4O. The Morgan fingerprint density at radius 1 is 1.04 bits per heavy atom. The Kier molecular flexibility index (Phi) is 5.71. The average molecular weight is 401 g/mol. The van der Waals surface area contributed by atoms with Crippen LogP contribution in [-0.4, -0.2) is 46.2 Å². The quantitative estimate of drug-likeness (QED) is 0.634. The van der Waals surface area contributed by atoms with Crippen LogP contribution in [0.5, 0.6) is 0 Å². The van der Waals surface area contributed by atoms with Gasteiger partial charge in [-0.25, -0.2) is 4.39 Å². The van der Waals surface area contributed by atoms with Crippen molar-refractivity contribution in [3.05, 3.63) is 70.8 Å². The van der Waals surface area contributed by atoms with E-state index in [2.05, 4.69) is 33.0 Å². The average Bonchev–Trinajstić information content (AvgIpc) is 3.17. The summed E-state index contributed by atoms with van der Waals surface area (Å²) in [7, 11) is 0. The molecule has 7 heteroatoms. The van der Waals surface area contributed by atoms with E-state index < -0.39 is 0 Å². The van der Waals surface area contributed by atoms with E-state index in [1.807, 2.05) is 18.2 Å². The minimum Gasteiger partial charge on any atom is -0.419 e. The molecule has 0 radical (unpaired) electrons. The van der Waals surface area contributed by atoms with Crippen molar-refractivity contribution in [3.8, 4) is 11.5 Å². The largest absolute Gasteiger partial charge is 0.419 e. The summed E-state index contributed by atoms with van der Waals surface area (Å²) >= 11 is 6.35. The second-order valence-corrected chi connectivity index (χ2v) is 7.42. The van der Waals surface area contributed by atoms with Crippen molar-refractivity contribution in [1.29, 1.82) is 0 Å². The number of aromatic nitrogens is 2. The fraction of sp³-hybridized carbons (Fsp3) is 0.333. The van der Waals surface area contributed by atoms with Gasteiger partial charge in [0.1, 0.15) is 5.82 Å². The molecule has 0 spiro atoms. The van der Waals surface area contributed by atoms with Crippen LogP contribution in [0.4, 0.5) is 4.39 Å². The standard InChI is InChI=1S/C21H22ClFN4O/c1-15(18-4-2-3-5-19(18)22)27-12-10-26(11-13-27)14-20-24-25-21(28-20)16-6-8-17(23)9-7-16/h2-9,15H,10-14H2,1H3. The molecule has 0 aliphatic carbocycles. The van der Waals surface area contributed by atoms with Crippen molar-refractivity contribution in [1.82, 2.24) is 20.0 Å². The van der Waals surface area contributed by atoms with Crippen LogP contribution in [0.3, 0.4) is 0 Å². The molecule has 4 rings (SSSR count). The fourth-order valence-corrected chi connectivity index (χ4v) is 3.83. The summed E-state index contributed by atoms with van der Waals surface area (Å²) in [6, 6.07) is 14.4. The Morgan fingerprint density at radius 3 is 2.46 bits per heavy atom. The SMILES string of the molecule is CC(c1ccccc1Cl)N1CCN(Cc2nnc(-c3ccc(F)cc3)o2)CC1. The van der Waals surface area contributed by atoms with Gasteiger partial charge in [0.05, 0.1) is 6.54 Å². The molecule has 0 N–H and O–H groups in total. The van der Waals surface area contributed by atoms with Crippen LogP contribution >= 0.6 is 11.6 Å². The van der Waals surface area contributed by atoms with E-state index in [0.717, 1.165) is 36.8 Å². The van der Waals surface area contributed by atoms with Gasteiger partial charge in [0.2, 0.25) is 11.8 Å². The van der Waals surface area contributed by atoms with Crippen LogP contribution in [-0.2, 0) is 6.54 Å². The molecule has 1 atom stereocenters. The Hall–Kier alpha value is -2.28. The number of piperazine rings is 1. The van der Waals surface area contributed by atoms with Gasteiger partial charge < -0.3 is 4.42 Å². The van der Waals surface area contributed by atoms with Crippen LogP contribution < -0.4 is 0 Å². The van der Waals surface area contributed by atoms with Gasteiger partial charge in [0.15, 0.2) is 0 Å². The third-order valence-corrected chi connectivity index (χ3v) is 5.57. The zero-order chi connectivity index (χ0) is 19.5. The maximum Gasteiger partial charge on any atom is 0.247 e. The molecule has 1 saturated heterocycles. The highest BCUT2D eigenvalue weighted by atomic mass is 35.5. The van der Waals surface area contributed by atoms with E-state index in [4.69, 9.17) is 16.0 Å². The second kappa shape index (κ2) is 8.39. The van der Waals surface area contributed by atoms with Crippen molar-refractivity contribution in [2.24, 2.45) is 0 Å². The van der Waals surface area contributed by atoms with Crippen molar-refractivity contribution < 1.29 is 8.81 Å². The van der Waals surface area contributed by atoms with Gasteiger partial charge in [0, 0.05) is 42.8 Å². The summed E-state index contributed by atoms with van der Waals surface area (Å²) in [5.41, 5.74) is 1.89. The molecule has 0 amide bonds. The minimum atomic E-state index is -0.285. The molecule has 0 bridgehead atoms. The lowest BCUT2D eigenvalue weighted by molar-refractivity contribution is 0.0923. The summed E-state index contributed by atoms with van der Waals surface area (Å²) < 4.78 is 18.8. The number of hydrogen-bond acceptors (Lipinski definition) is 5. The van der Waals surface area contributed by atoms with Gasteiger partial charge in [-0.2, -0.15) is 0 Å². The number of hydrogen-bond donors (Lipinski definition) is 0. The predicted octanol–water partition coefficient (Wildman–Crippen LogP) is 4.41. The van der Waals surface area contributed by atoms with Crippen molar-refractivity contribution in [2.45, 2.75) is 19.5 Å². The third kappa shape index (κ3) is 4.24. The fourth-order valence-electron chi connectivity index (χ4n) is 3.54. The summed E-state index contributed by atoms with van der Waals surface area (Å²) in [4.78, 5) is 4.74. The molecule has 28 heavy (non-hydrogen) atoms. The number of halogens is 2. The molecule has 1 aliphatic heterocycles. The van der Waals surface area contributed by atoms with Crippen LogP contribution in [0.2, 0.25) is 5.02 Å². The summed E-state index contributed by atoms with van der Waals surface area (Å²) in [6.45, 7) is 6.55. The Morgan fingerprint density at radius 2 is 1.75 bits per heavy atom. The lowest BCUT2D eigenvalue weighted by Gasteiger charge is -2.37. The van der Waals surface area contributed by atoms with Crippen LogP contribution in [0.15, 0.2) is 52.9 Å². The highest BCUT2D eigenvalue weighted by Crippen LogP contribution is 2.28. The molecule has 1 unspecified atom stereocenters. The summed E-state index contributed by atoms with van der Waals surface area (Å²) in [6.07, 6.45) is 0. The van der Waals surface area contributed by atoms with E-state index in [0.29, 0.717) is 18.3 Å². The Labute approximate surface area is 168 Å².